The van der Waals surface area contributed by atoms with Crippen LogP contribution in [-0.4, -0.2) is 34.3 Å². The highest BCUT2D eigenvalue weighted by Gasteiger charge is 2.16. The fraction of sp³-hybridized carbons (Fsp3) is 0.786. The van der Waals surface area contributed by atoms with Crippen molar-refractivity contribution in [3.63, 3.8) is 0 Å². The zero-order chi connectivity index (χ0) is 14.4. The molecule has 1 aliphatic heterocycles. The van der Waals surface area contributed by atoms with Gasteiger partial charge in [-0.1, -0.05) is 13.8 Å². The van der Waals surface area contributed by atoms with E-state index in [1.54, 1.807) is 7.05 Å². The van der Waals surface area contributed by atoms with Gasteiger partial charge in [-0.2, -0.15) is 0 Å². The molecular formula is C14H27IN6. The highest BCUT2D eigenvalue weighted by atomic mass is 127. The molecule has 1 aromatic rings. The molecule has 1 aliphatic rings. The Balaban J connectivity index is 0.00000220. The molecule has 0 bridgehead atoms. The minimum Gasteiger partial charge on any atom is -0.356 e. The number of aryl methyl sites for hydroxylation is 1. The van der Waals surface area contributed by atoms with Crippen molar-refractivity contribution >= 4 is 29.9 Å². The van der Waals surface area contributed by atoms with Crippen LogP contribution in [0, 0.1) is 5.92 Å². The van der Waals surface area contributed by atoms with Gasteiger partial charge in [0, 0.05) is 26.6 Å². The highest BCUT2D eigenvalue weighted by Crippen LogP contribution is 2.13. The molecule has 0 atom stereocenters. The quantitative estimate of drug-likeness (QED) is 0.328. The Morgan fingerprint density at radius 3 is 2.86 bits per heavy atom. The Kier molecular flexibility index (Phi) is 7.98. The maximum Gasteiger partial charge on any atom is 0.191 e. The molecule has 0 spiro atoms. The van der Waals surface area contributed by atoms with Gasteiger partial charge in [0.15, 0.2) is 11.8 Å². The molecule has 0 radical (unpaired) electrons. The summed E-state index contributed by atoms with van der Waals surface area (Å²) in [6.07, 6.45) is 4.63. The summed E-state index contributed by atoms with van der Waals surface area (Å²) in [7, 11) is 1.80. The van der Waals surface area contributed by atoms with Gasteiger partial charge in [0.2, 0.25) is 0 Å². The number of nitrogens with one attached hydrogen (secondary N) is 2. The Morgan fingerprint density at radius 2 is 2.14 bits per heavy atom. The highest BCUT2D eigenvalue weighted by molar-refractivity contribution is 14.0. The number of hydrogen-bond donors (Lipinski definition) is 2. The largest absolute Gasteiger partial charge is 0.356 e. The van der Waals surface area contributed by atoms with Gasteiger partial charge in [-0.15, -0.1) is 34.2 Å². The molecule has 7 heteroatoms. The topological polar surface area (TPSA) is 67.1 Å². The normalized spacial score (nSPS) is 14.0. The van der Waals surface area contributed by atoms with Crippen LogP contribution in [0.2, 0.25) is 0 Å². The number of fused-ring (bicyclic) bond motifs is 1. The lowest BCUT2D eigenvalue weighted by molar-refractivity contribution is 0.548. The first kappa shape index (κ1) is 18.2. The smallest absolute Gasteiger partial charge is 0.191 e. The summed E-state index contributed by atoms with van der Waals surface area (Å²) >= 11 is 0. The molecule has 2 heterocycles. The van der Waals surface area contributed by atoms with Crippen molar-refractivity contribution in [1.82, 2.24) is 25.4 Å². The molecule has 0 amide bonds. The molecular weight excluding hydrogens is 379 g/mol. The van der Waals surface area contributed by atoms with Gasteiger partial charge in [0.05, 0.1) is 6.54 Å². The zero-order valence-corrected chi connectivity index (χ0v) is 15.6. The molecule has 2 N–H and O–H groups in total. The number of halogens is 1. The number of hydrogen-bond acceptors (Lipinski definition) is 3. The Hall–Kier alpha value is -0.860. The Labute approximate surface area is 144 Å². The van der Waals surface area contributed by atoms with Crippen molar-refractivity contribution < 1.29 is 0 Å². The summed E-state index contributed by atoms with van der Waals surface area (Å²) in [5.74, 6) is 3.71. The van der Waals surface area contributed by atoms with Gasteiger partial charge in [0.25, 0.3) is 0 Å². The lowest BCUT2D eigenvalue weighted by Gasteiger charge is -2.12. The molecule has 6 nitrogen and oxygen atoms in total. The number of nitrogens with zero attached hydrogens (tertiary/aromatic N) is 4. The van der Waals surface area contributed by atoms with Gasteiger partial charge < -0.3 is 15.2 Å². The predicted octanol–water partition coefficient (Wildman–Crippen LogP) is 1.94. The standard InChI is InChI=1S/C14H26N6.HI/c1-11(2)6-4-8-16-14(15-3)17-10-13-19-18-12-7-5-9-20(12)13;/h11H,4-10H2,1-3H3,(H2,15,16,17);1H. The van der Waals surface area contributed by atoms with Crippen LogP contribution in [-0.2, 0) is 19.5 Å². The van der Waals surface area contributed by atoms with Crippen LogP contribution in [0.25, 0.3) is 0 Å². The van der Waals surface area contributed by atoms with Gasteiger partial charge in [-0.05, 0) is 25.2 Å². The lowest BCUT2D eigenvalue weighted by Crippen LogP contribution is -2.37. The summed E-state index contributed by atoms with van der Waals surface area (Å²) < 4.78 is 2.21. The van der Waals surface area contributed by atoms with Crippen LogP contribution in [0.4, 0.5) is 0 Å². The molecule has 0 saturated carbocycles. The predicted molar refractivity (Wildman–Crippen MR) is 96.0 cm³/mol. The number of rotatable bonds is 6. The third-order valence-corrected chi connectivity index (χ3v) is 3.57. The van der Waals surface area contributed by atoms with E-state index in [9.17, 15) is 0 Å². The van der Waals surface area contributed by atoms with Crippen LogP contribution in [0.15, 0.2) is 4.99 Å². The molecule has 0 aliphatic carbocycles. The summed E-state index contributed by atoms with van der Waals surface area (Å²) in [6, 6.07) is 0. The van der Waals surface area contributed by atoms with Crippen LogP contribution in [0.3, 0.4) is 0 Å². The molecule has 120 valence electrons. The van der Waals surface area contributed by atoms with Crippen LogP contribution >= 0.6 is 24.0 Å². The van der Waals surface area contributed by atoms with Gasteiger partial charge in [-0.25, -0.2) is 0 Å². The molecule has 0 fully saturated rings. The molecule has 0 aromatic carbocycles. The van der Waals surface area contributed by atoms with Crippen molar-refractivity contribution in [1.29, 1.82) is 0 Å². The van der Waals surface area contributed by atoms with Crippen molar-refractivity contribution in [2.24, 2.45) is 10.9 Å². The third kappa shape index (κ3) is 5.44. The summed E-state index contributed by atoms with van der Waals surface area (Å²) in [5.41, 5.74) is 0. The minimum absolute atomic E-state index is 0. The third-order valence-electron chi connectivity index (χ3n) is 3.57. The van der Waals surface area contributed by atoms with E-state index < -0.39 is 0 Å². The Morgan fingerprint density at radius 1 is 1.33 bits per heavy atom. The maximum atomic E-state index is 4.23. The second-order valence-corrected chi connectivity index (χ2v) is 5.68. The summed E-state index contributed by atoms with van der Waals surface area (Å²) in [4.78, 5) is 4.23. The molecule has 2 rings (SSSR count). The summed E-state index contributed by atoms with van der Waals surface area (Å²) in [6.45, 7) is 7.17. The van der Waals surface area contributed by atoms with Crippen LogP contribution in [0.5, 0.6) is 0 Å². The fourth-order valence-corrected chi connectivity index (χ4v) is 2.44. The fourth-order valence-electron chi connectivity index (χ4n) is 2.44. The van der Waals surface area contributed by atoms with Crippen molar-refractivity contribution in [2.45, 2.75) is 52.6 Å². The van der Waals surface area contributed by atoms with E-state index in [4.69, 9.17) is 0 Å². The van der Waals surface area contributed by atoms with E-state index in [-0.39, 0.29) is 24.0 Å². The lowest BCUT2D eigenvalue weighted by atomic mass is 10.1. The van der Waals surface area contributed by atoms with Crippen LogP contribution < -0.4 is 10.6 Å². The molecule has 21 heavy (non-hydrogen) atoms. The average molecular weight is 406 g/mol. The second kappa shape index (κ2) is 9.22. The second-order valence-electron chi connectivity index (χ2n) is 5.68. The van der Waals surface area contributed by atoms with E-state index in [2.05, 4.69) is 44.2 Å². The van der Waals surface area contributed by atoms with E-state index in [1.165, 1.54) is 19.3 Å². The van der Waals surface area contributed by atoms with E-state index >= 15 is 0 Å². The Bertz CT molecular complexity index is 454. The molecule has 0 saturated heterocycles. The minimum atomic E-state index is 0. The molecule has 0 unspecified atom stereocenters. The first-order valence-electron chi connectivity index (χ1n) is 7.56. The van der Waals surface area contributed by atoms with Gasteiger partial charge in [0.1, 0.15) is 5.82 Å². The zero-order valence-electron chi connectivity index (χ0n) is 13.2. The number of guanidine groups is 1. The first-order valence-corrected chi connectivity index (χ1v) is 7.56. The number of aromatic nitrogens is 3. The summed E-state index contributed by atoms with van der Waals surface area (Å²) in [5, 5.41) is 15.1. The SMILES string of the molecule is CN=C(NCCCC(C)C)NCc1nnc2n1CCC2.I. The first-order chi connectivity index (χ1) is 9.70. The van der Waals surface area contributed by atoms with Crippen LogP contribution in [0.1, 0.15) is 44.8 Å². The number of aliphatic imine (C=N–C) groups is 1. The van der Waals surface area contributed by atoms with Gasteiger partial charge >= 0.3 is 0 Å². The monoisotopic (exact) mass is 406 g/mol. The van der Waals surface area contributed by atoms with Crippen molar-refractivity contribution in [2.75, 3.05) is 13.6 Å². The molecule has 1 aromatic heterocycles. The van der Waals surface area contributed by atoms with Crippen molar-refractivity contribution in [3.05, 3.63) is 11.6 Å². The van der Waals surface area contributed by atoms with E-state index in [0.29, 0.717) is 6.54 Å². The van der Waals surface area contributed by atoms with Crippen molar-refractivity contribution in [3.8, 4) is 0 Å². The average Bonchev–Trinajstić information content (AvgIpc) is 3.01. The van der Waals surface area contributed by atoms with Gasteiger partial charge in [-0.3, -0.25) is 4.99 Å². The maximum absolute atomic E-state index is 4.23. The van der Waals surface area contributed by atoms with E-state index in [1.807, 2.05) is 0 Å². The van der Waals surface area contributed by atoms with E-state index in [0.717, 1.165) is 43.0 Å².